The van der Waals surface area contributed by atoms with E-state index in [4.69, 9.17) is 5.73 Å². The third-order valence-electron chi connectivity index (χ3n) is 1.44. The van der Waals surface area contributed by atoms with Gasteiger partial charge in [-0.25, -0.2) is 0 Å². The van der Waals surface area contributed by atoms with Gasteiger partial charge in [0.15, 0.2) is 0 Å². The molecule has 1 amide bonds. The highest BCUT2D eigenvalue weighted by Crippen LogP contribution is 2.00. The number of nitrogens with two attached hydrogens (primary N) is 1. The van der Waals surface area contributed by atoms with Crippen LogP contribution in [0.2, 0.25) is 0 Å². The Kier molecular flexibility index (Phi) is 2.01. The first kappa shape index (κ1) is 7.21. The summed E-state index contributed by atoms with van der Waals surface area (Å²) in [6.07, 6.45) is 0.773. The van der Waals surface area contributed by atoms with Crippen molar-refractivity contribution in [3.8, 4) is 0 Å². The quantitative estimate of drug-likeness (QED) is 0.512. The highest BCUT2D eigenvalue weighted by molar-refractivity contribution is 5.95. The third-order valence-corrected chi connectivity index (χ3v) is 1.44. The molecule has 0 aliphatic carbocycles. The van der Waals surface area contributed by atoms with Crippen molar-refractivity contribution in [2.45, 2.75) is 13.0 Å². The minimum absolute atomic E-state index is 0.132. The normalized spacial score (nSPS) is 20.6. The molecule has 1 rings (SSSR count). The number of carbonyl (C=O) groups is 1. The van der Waals surface area contributed by atoms with Crippen LogP contribution in [0.25, 0.3) is 0 Å². The van der Waals surface area contributed by atoms with E-state index >= 15 is 0 Å². The topological polar surface area (TPSA) is 58.7 Å². The third kappa shape index (κ3) is 1.16. The predicted octanol–water partition coefficient (Wildman–Crippen LogP) is -0.796. The molecule has 2 N–H and O–H groups in total. The van der Waals surface area contributed by atoms with Gasteiger partial charge in [-0.05, 0) is 6.92 Å². The van der Waals surface area contributed by atoms with Crippen LogP contribution in [0.4, 0.5) is 0 Å². The van der Waals surface area contributed by atoms with E-state index in [0.717, 1.165) is 6.41 Å². The monoisotopic (exact) mass is 141 g/mol. The molecule has 0 aromatic carbocycles. The summed E-state index contributed by atoms with van der Waals surface area (Å²) in [4.78, 5) is 15.9. The van der Waals surface area contributed by atoms with E-state index in [9.17, 15) is 4.79 Å². The molecule has 56 valence electrons. The number of aliphatic imine (C=N–C) groups is 1. The number of amides is 1. The summed E-state index contributed by atoms with van der Waals surface area (Å²) in [6, 6.07) is -0.132. The lowest BCUT2D eigenvalue weighted by Crippen LogP contribution is -2.38. The molecule has 0 radical (unpaired) electrons. The SMILES string of the molecule is CC(N)C1=NCCN1C=O. The van der Waals surface area contributed by atoms with Crippen molar-refractivity contribution in [3.63, 3.8) is 0 Å². The molecule has 0 aromatic heterocycles. The van der Waals surface area contributed by atoms with Gasteiger partial charge >= 0.3 is 0 Å². The summed E-state index contributed by atoms with van der Waals surface area (Å²) in [5.41, 5.74) is 5.53. The molecule has 0 aromatic rings. The Bertz CT molecular complexity index is 164. The summed E-state index contributed by atoms with van der Waals surface area (Å²) in [5.74, 6) is 0.704. The minimum Gasteiger partial charge on any atom is -0.322 e. The summed E-state index contributed by atoms with van der Waals surface area (Å²) in [6.45, 7) is 3.19. The number of nitrogens with zero attached hydrogens (tertiary/aromatic N) is 2. The zero-order chi connectivity index (χ0) is 7.56. The average molecular weight is 141 g/mol. The molecule has 4 heteroatoms. The van der Waals surface area contributed by atoms with E-state index < -0.39 is 0 Å². The molecule has 10 heavy (non-hydrogen) atoms. The van der Waals surface area contributed by atoms with Gasteiger partial charge in [-0.2, -0.15) is 0 Å². The molecule has 0 saturated carbocycles. The molecule has 1 atom stereocenters. The van der Waals surface area contributed by atoms with Crippen molar-refractivity contribution in [1.29, 1.82) is 0 Å². The number of amidine groups is 1. The zero-order valence-corrected chi connectivity index (χ0v) is 5.95. The molecule has 0 saturated heterocycles. The Hall–Kier alpha value is -0.900. The summed E-state index contributed by atoms with van der Waals surface area (Å²) < 4.78 is 0. The summed E-state index contributed by atoms with van der Waals surface area (Å²) in [7, 11) is 0. The molecule has 4 nitrogen and oxygen atoms in total. The van der Waals surface area contributed by atoms with Crippen LogP contribution in [-0.2, 0) is 4.79 Å². The second-order valence-corrected chi connectivity index (χ2v) is 2.33. The molecule has 1 aliphatic heterocycles. The lowest BCUT2D eigenvalue weighted by molar-refractivity contribution is -0.114. The first-order valence-electron chi connectivity index (χ1n) is 3.27. The van der Waals surface area contributed by atoms with Crippen LogP contribution in [-0.4, -0.2) is 36.3 Å². The van der Waals surface area contributed by atoms with Gasteiger partial charge in [0.1, 0.15) is 5.84 Å². The fourth-order valence-corrected chi connectivity index (χ4v) is 0.990. The van der Waals surface area contributed by atoms with Gasteiger partial charge in [0, 0.05) is 6.54 Å². The minimum atomic E-state index is -0.132. The largest absolute Gasteiger partial charge is 0.322 e. The van der Waals surface area contributed by atoms with Crippen molar-refractivity contribution in [2.24, 2.45) is 10.7 Å². The van der Waals surface area contributed by atoms with Crippen LogP contribution in [0.15, 0.2) is 4.99 Å². The van der Waals surface area contributed by atoms with E-state index in [0.29, 0.717) is 18.9 Å². The maximum atomic E-state index is 10.3. The average Bonchev–Trinajstić information content (AvgIpc) is 2.33. The van der Waals surface area contributed by atoms with Crippen molar-refractivity contribution in [1.82, 2.24) is 4.90 Å². The van der Waals surface area contributed by atoms with Gasteiger partial charge < -0.3 is 10.6 Å². The van der Waals surface area contributed by atoms with E-state index in [2.05, 4.69) is 4.99 Å². The van der Waals surface area contributed by atoms with Gasteiger partial charge in [-0.1, -0.05) is 0 Å². The lowest BCUT2D eigenvalue weighted by atomic mass is 10.3. The number of rotatable bonds is 2. The smallest absolute Gasteiger partial charge is 0.215 e. The Morgan fingerprint density at radius 2 is 2.60 bits per heavy atom. The molecule has 0 fully saturated rings. The number of carbonyl (C=O) groups excluding carboxylic acids is 1. The van der Waals surface area contributed by atoms with E-state index in [1.165, 1.54) is 0 Å². The molecule has 0 spiro atoms. The van der Waals surface area contributed by atoms with Crippen LogP contribution in [0.1, 0.15) is 6.92 Å². The Labute approximate surface area is 59.7 Å². The molecule has 1 aliphatic rings. The first-order valence-corrected chi connectivity index (χ1v) is 3.27. The van der Waals surface area contributed by atoms with Gasteiger partial charge in [0.25, 0.3) is 0 Å². The van der Waals surface area contributed by atoms with E-state index in [-0.39, 0.29) is 6.04 Å². The standard InChI is InChI=1S/C6H11N3O/c1-5(7)6-8-2-3-9(6)4-10/h4-5H,2-3,7H2,1H3. The Morgan fingerprint density at radius 1 is 1.90 bits per heavy atom. The van der Waals surface area contributed by atoms with Gasteiger partial charge in [0.05, 0.1) is 12.6 Å². The fourth-order valence-electron chi connectivity index (χ4n) is 0.990. The highest BCUT2D eigenvalue weighted by atomic mass is 16.1. The van der Waals surface area contributed by atoms with Crippen LogP contribution in [0.5, 0.6) is 0 Å². The van der Waals surface area contributed by atoms with Crippen LogP contribution < -0.4 is 5.73 Å². The molecule has 1 heterocycles. The van der Waals surface area contributed by atoms with Gasteiger partial charge in [-0.3, -0.25) is 9.79 Å². The molecular weight excluding hydrogens is 130 g/mol. The number of hydrogen-bond donors (Lipinski definition) is 1. The van der Waals surface area contributed by atoms with Crippen molar-refractivity contribution < 1.29 is 4.79 Å². The molecular formula is C6H11N3O. The second-order valence-electron chi connectivity index (χ2n) is 2.33. The van der Waals surface area contributed by atoms with Crippen molar-refractivity contribution >= 4 is 12.2 Å². The maximum absolute atomic E-state index is 10.3. The van der Waals surface area contributed by atoms with Crippen molar-refractivity contribution in [3.05, 3.63) is 0 Å². The summed E-state index contributed by atoms with van der Waals surface area (Å²) >= 11 is 0. The van der Waals surface area contributed by atoms with Crippen LogP contribution >= 0.6 is 0 Å². The molecule has 1 unspecified atom stereocenters. The van der Waals surface area contributed by atoms with Crippen molar-refractivity contribution in [2.75, 3.05) is 13.1 Å². The Morgan fingerprint density at radius 3 is 3.00 bits per heavy atom. The van der Waals surface area contributed by atoms with E-state index in [1.807, 2.05) is 6.92 Å². The first-order chi connectivity index (χ1) is 4.75. The lowest BCUT2D eigenvalue weighted by Gasteiger charge is -2.13. The van der Waals surface area contributed by atoms with Gasteiger partial charge in [-0.15, -0.1) is 0 Å². The van der Waals surface area contributed by atoms with Crippen LogP contribution in [0, 0.1) is 0 Å². The van der Waals surface area contributed by atoms with Gasteiger partial charge in [0.2, 0.25) is 6.41 Å². The Balaban J connectivity index is 2.64. The zero-order valence-electron chi connectivity index (χ0n) is 5.95. The number of hydrogen-bond acceptors (Lipinski definition) is 3. The predicted molar refractivity (Wildman–Crippen MR) is 38.7 cm³/mol. The second kappa shape index (κ2) is 2.79. The fraction of sp³-hybridized carbons (Fsp3) is 0.667. The summed E-state index contributed by atoms with van der Waals surface area (Å²) in [5, 5.41) is 0. The highest BCUT2D eigenvalue weighted by Gasteiger charge is 2.18. The van der Waals surface area contributed by atoms with E-state index in [1.54, 1.807) is 4.90 Å². The van der Waals surface area contributed by atoms with Crippen LogP contribution in [0.3, 0.4) is 0 Å². The maximum Gasteiger partial charge on any atom is 0.215 e. The molecule has 0 bridgehead atoms.